The Bertz CT molecular complexity index is 561. The lowest BCUT2D eigenvalue weighted by atomic mass is 10.0. The van der Waals surface area contributed by atoms with E-state index in [1.165, 1.54) is 0 Å². The van der Waals surface area contributed by atoms with Crippen LogP contribution in [0.3, 0.4) is 0 Å². The van der Waals surface area contributed by atoms with Crippen molar-refractivity contribution in [3.8, 4) is 0 Å². The predicted molar refractivity (Wildman–Crippen MR) is 69.2 cm³/mol. The van der Waals surface area contributed by atoms with Gasteiger partial charge in [-0.05, 0) is 36.4 Å². The zero-order chi connectivity index (χ0) is 13.1. The van der Waals surface area contributed by atoms with Crippen LogP contribution < -0.4 is 0 Å². The Morgan fingerprint density at radius 2 is 1.42 bits per heavy atom. The van der Waals surface area contributed by atoms with Gasteiger partial charge in [0.2, 0.25) is 0 Å². The van der Waals surface area contributed by atoms with Crippen molar-refractivity contribution in [1.29, 1.82) is 0 Å². The molecule has 19 heavy (non-hydrogen) atoms. The van der Waals surface area contributed by atoms with E-state index in [9.17, 15) is 4.79 Å². The van der Waals surface area contributed by atoms with Crippen LogP contribution in [0.2, 0.25) is 0 Å². The molecule has 1 aliphatic heterocycles. The van der Waals surface area contributed by atoms with Gasteiger partial charge in [-0.3, -0.25) is 4.79 Å². The summed E-state index contributed by atoms with van der Waals surface area (Å²) in [4.78, 5) is 12.3. The van der Waals surface area contributed by atoms with Crippen LogP contribution in [0.15, 0.2) is 56.8 Å². The normalized spacial score (nSPS) is 20.3. The number of hydrogen-bond acceptors (Lipinski definition) is 4. The molecule has 0 atom stereocenters. The van der Waals surface area contributed by atoms with Crippen molar-refractivity contribution in [1.82, 2.24) is 0 Å². The fourth-order valence-electron chi connectivity index (χ4n) is 1.91. The Balaban J connectivity index is 1.87. The molecule has 0 radical (unpaired) electrons. The first kappa shape index (κ1) is 11.7. The average Bonchev–Trinajstić information content (AvgIpc) is 3.07. The lowest BCUT2D eigenvalue weighted by Gasteiger charge is -2.16. The molecule has 0 unspecified atom stereocenters. The largest absolute Gasteiger partial charge is 0.465 e. The van der Waals surface area contributed by atoms with E-state index < -0.39 is 0 Å². The van der Waals surface area contributed by atoms with Gasteiger partial charge >= 0.3 is 0 Å². The van der Waals surface area contributed by atoms with E-state index in [2.05, 4.69) is 0 Å². The van der Waals surface area contributed by atoms with Gasteiger partial charge in [-0.15, -0.1) is 0 Å². The maximum absolute atomic E-state index is 12.3. The Labute approximate surface area is 110 Å². The van der Waals surface area contributed by atoms with Crippen molar-refractivity contribution in [2.45, 2.75) is 0 Å². The van der Waals surface area contributed by atoms with Crippen molar-refractivity contribution in [2.75, 3.05) is 13.2 Å². The zero-order valence-electron chi connectivity index (χ0n) is 10.2. The number of ether oxygens (including phenoxy) is 1. The summed E-state index contributed by atoms with van der Waals surface area (Å²) in [5.41, 5.74) is 1.16. The Kier molecular flexibility index (Phi) is 3.16. The highest BCUT2D eigenvalue weighted by molar-refractivity contribution is 6.14. The van der Waals surface area contributed by atoms with E-state index in [1.54, 1.807) is 48.9 Å². The molecule has 2 aromatic rings. The fraction of sp³-hybridized carbons (Fsp3) is 0.133. The van der Waals surface area contributed by atoms with Gasteiger partial charge in [0.25, 0.3) is 0 Å². The maximum Gasteiger partial charge on any atom is 0.189 e. The number of rotatable bonds is 2. The molecule has 4 heteroatoms. The molecular weight excluding hydrogens is 244 g/mol. The van der Waals surface area contributed by atoms with E-state index in [1.807, 2.05) is 0 Å². The van der Waals surface area contributed by atoms with Gasteiger partial charge in [-0.2, -0.15) is 0 Å². The van der Waals surface area contributed by atoms with Crippen molar-refractivity contribution in [3.05, 3.63) is 59.5 Å². The first-order valence-corrected chi connectivity index (χ1v) is 5.93. The summed E-state index contributed by atoms with van der Waals surface area (Å²) < 4.78 is 15.8. The third kappa shape index (κ3) is 2.58. The van der Waals surface area contributed by atoms with Crippen LogP contribution in [-0.2, 0) is 9.53 Å². The van der Waals surface area contributed by atoms with Crippen molar-refractivity contribution < 1.29 is 18.4 Å². The van der Waals surface area contributed by atoms with Crippen LogP contribution in [0.1, 0.15) is 11.5 Å². The number of carbonyl (C=O) groups is 1. The molecule has 0 aromatic carbocycles. The van der Waals surface area contributed by atoms with Gasteiger partial charge in [0, 0.05) is 11.1 Å². The van der Waals surface area contributed by atoms with Crippen LogP contribution in [-0.4, -0.2) is 19.0 Å². The number of carbonyl (C=O) groups excluding carboxylic acids is 1. The molecule has 0 bridgehead atoms. The Morgan fingerprint density at radius 1 is 0.895 bits per heavy atom. The number of ketones is 1. The van der Waals surface area contributed by atoms with Gasteiger partial charge in [0.1, 0.15) is 11.5 Å². The van der Waals surface area contributed by atoms with Gasteiger partial charge in [-0.25, -0.2) is 0 Å². The molecule has 1 aliphatic rings. The topological polar surface area (TPSA) is 52.6 Å². The van der Waals surface area contributed by atoms with E-state index in [-0.39, 0.29) is 5.78 Å². The minimum Gasteiger partial charge on any atom is -0.465 e. The minimum atomic E-state index is -0.0287. The molecule has 96 valence electrons. The van der Waals surface area contributed by atoms with Gasteiger partial charge in [0.05, 0.1) is 25.7 Å². The number of Topliss-reactive ketones (excluding diaryl/α,β-unsaturated/α-hetero) is 1. The molecule has 0 saturated carbocycles. The summed E-state index contributed by atoms with van der Waals surface area (Å²) in [5.74, 6) is 1.26. The summed E-state index contributed by atoms with van der Waals surface area (Å²) >= 11 is 0. The number of furan rings is 2. The van der Waals surface area contributed by atoms with Crippen molar-refractivity contribution in [3.63, 3.8) is 0 Å². The zero-order valence-corrected chi connectivity index (χ0v) is 10.2. The molecule has 0 aliphatic carbocycles. The summed E-state index contributed by atoms with van der Waals surface area (Å²) in [5, 5.41) is 0. The number of hydrogen-bond donors (Lipinski definition) is 0. The van der Waals surface area contributed by atoms with E-state index in [4.69, 9.17) is 13.6 Å². The molecule has 3 rings (SSSR count). The Morgan fingerprint density at radius 3 is 1.84 bits per heavy atom. The van der Waals surface area contributed by atoms with E-state index in [0.29, 0.717) is 35.9 Å². The highest BCUT2D eigenvalue weighted by Gasteiger charge is 2.21. The summed E-state index contributed by atoms with van der Waals surface area (Å²) in [7, 11) is 0. The molecule has 1 fully saturated rings. The van der Waals surface area contributed by atoms with Crippen LogP contribution in [0.5, 0.6) is 0 Å². The fourth-order valence-corrected chi connectivity index (χ4v) is 1.91. The highest BCUT2D eigenvalue weighted by Crippen LogP contribution is 2.20. The molecule has 3 heterocycles. The van der Waals surface area contributed by atoms with E-state index in [0.717, 1.165) is 0 Å². The second-order valence-corrected chi connectivity index (χ2v) is 4.19. The average molecular weight is 256 g/mol. The summed E-state index contributed by atoms with van der Waals surface area (Å²) in [6, 6.07) is 7.15. The monoisotopic (exact) mass is 256 g/mol. The second-order valence-electron chi connectivity index (χ2n) is 4.19. The van der Waals surface area contributed by atoms with Crippen LogP contribution in [0.4, 0.5) is 0 Å². The van der Waals surface area contributed by atoms with Crippen LogP contribution in [0.25, 0.3) is 12.2 Å². The van der Waals surface area contributed by atoms with Gasteiger partial charge in [-0.1, -0.05) is 0 Å². The molecule has 0 amide bonds. The van der Waals surface area contributed by atoms with Crippen molar-refractivity contribution in [2.24, 2.45) is 0 Å². The molecule has 0 N–H and O–H groups in total. The minimum absolute atomic E-state index is 0.0287. The van der Waals surface area contributed by atoms with Gasteiger partial charge in [0.15, 0.2) is 5.78 Å². The lowest BCUT2D eigenvalue weighted by molar-refractivity contribution is -0.114. The molecule has 0 spiro atoms. The molecule has 1 saturated heterocycles. The smallest absolute Gasteiger partial charge is 0.189 e. The summed E-state index contributed by atoms with van der Waals surface area (Å²) in [6.45, 7) is 0.601. The summed E-state index contributed by atoms with van der Waals surface area (Å²) in [6.07, 6.45) is 6.55. The van der Waals surface area contributed by atoms with Gasteiger partial charge < -0.3 is 13.6 Å². The first-order valence-electron chi connectivity index (χ1n) is 5.93. The third-order valence-electron chi connectivity index (χ3n) is 2.82. The maximum atomic E-state index is 12.3. The molecule has 2 aromatic heterocycles. The molecular formula is C15H12O4. The van der Waals surface area contributed by atoms with Crippen molar-refractivity contribution >= 4 is 17.9 Å². The second kappa shape index (κ2) is 5.12. The third-order valence-corrected chi connectivity index (χ3v) is 2.82. The lowest BCUT2D eigenvalue weighted by Crippen LogP contribution is -2.21. The van der Waals surface area contributed by atoms with E-state index >= 15 is 0 Å². The quantitative estimate of drug-likeness (QED) is 0.775. The SMILES string of the molecule is O=C1C(=Cc2ccco2)COCC1=Cc1ccco1. The van der Waals surface area contributed by atoms with Crippen LogP contribution >= 0.6 is 0 Å². The Hall–Kier alpha value is -2.33. The molecule has 4 nitrogen and oxygen atoms in total. The predicted octanol–water partition coefficient (Wildman–Crippen LogP) is 2.94. The highest BCUT2D eigenvalue weighted by atomic mass is 16.5. The first-order chi connectivity index (χ1) is 9.33. The van der Waals surface area contributed by atoms with Crippen LogP contribution in [0, 0.1) is 0 Å². The standard InChI is InChI=1S/C15H12O4/c16-15-11(7-13-3-1-5-18-13)9-17-10-12(15)8-14-4-2-6-19-14/h1-8H,9-10H2.